The number of fused-ring (bicyclic) bond motifs is 1. The average Bonchev–Trinajstić information content (AvgIpc) is 2.75. The van der Waals surface area contributed by atoms with E-state index in [-0.39, 0.29) is 27.4 Å². The highest BCUT2D eigenvalue weighted by Gasteiger charge is 2.17. The summed E-state index contributed by atoms with van der Waals surface area (Å²) in [4.78, 5) is 34.0. The van der Waals surface area contributed by atoms with Gasteiger partial charge in [0.2, 0.25) is 5.91 Å². The van der Waals surface area contributed by atoms with Crippen LogP contribution in [0.25, 0.3) is 16.6 Å². The molecule has 6 nitrogen and oxygen atoms in total. The van der Waals surface area contributed by atoms with Gasteiger partial charge in [-0.1, -0.05) is 59.2 Å². The first-order valence-electron chi connectivity index (χ1n) is 8.94. The van der Waals surface area contributed by atoms with E-state index in [2.05, 4.69) is 15.3 Å². The molecule has 4 rings (SSSR count). The van der Waals surface area contributed by atoms with Crippen molar-refractivity contribution >= 4 is 57.6 Å². The summed E-state index contributed by atoms with van der Waals surface area (Å²) in [7, 11) is 0. The number of para-hydroxylation sites is 2. The van der Waals surface area contributed by atoms with Gasteiger partial charge in [-0.3, -0.25) is 14.2 Å². The van der Waals surface area contributed by atoms with Crippen LogP contribution in [0.2, 0.25) is 10.0 Å². The fourth-order valence-corrected chi connectivity index (χ4v) is 4.09. The minimum atomic E-state index is -0.579. The Bertz CT molecular complexity index is 1360. The Kier molecular flexibility index (Phi) is 6.22. The number of amides is 1. The van der Waals surface area contributed by atoms with Gasteiger partial charge in [0.1, 0.15) is 5.82 Å². The number of aromatic nitrogens is 3. The topological polar surface area (TPSA) is 76.9 Å². The number of nitrogens with zero attached hydrogens (tertiary/aromatic N) is 3. The van der Waals surface area contributed by atoms with Gasteiger partial charge in [0, 0.05) is 6.20 Å². The van der Waals surface area contributed by atoms with E-state index >= 15 is 0 Å². The number of anilines is 1. The number of halogens is 3. The molecule has 0 spiro atoms. The van der Waals surface area contributed by atoms with Crippen LogP contribution in [0.3, 0.4) is 0 Å². The molecule has 0 fully saturated rings. The molecule has 0 bridgehead atoms. The molecule has 0 unspecified atom stereocenters. The summed E-state index contributed by atoms with van der Waals surface area (Å²) < 4.78 is 15.7. The van der Waals surface area contributed by atoms with Crippen LogP contribution in [-0.4, -0.2) is 26.2 Å². The molecule has 0 saturated heterocycles. The molecule has 0 saturated carbocycles. The van der Waals surface area contributed by atoms with Gasteiger partial charge in [0.25, 0.3) is 5.56 Å². The zero-order chi connectivity index (χ0) is 22.0. The fraction of sp³-hybridized carbons (Fsp3) is 0.0476. The molecule has 0 aliphatic rings. The molecule has 1 N–H and O–H groups in total. The summed E-state index contributed by atoms with van der Waals surface area (Å²) in [6, 6.07) is 14.1. The zero-order valence-corrected chi connectivity index (χ0v) is 18.0. The van der Waals surface area contributed by atoms with Crippen molar-refractivity contribution in [2.24, 2.45) is 0 Å². The molecule has 2 aromatic carbocycles. The van der Waals surface area contributed by atoms with Crippen LogP contribution >= 0.6 is 35.0 Å². The van der Waals surface area contributed by atoms with E-state index in [4.69, 9.17) is 23.2 Å². The Morgan fingerprint density at radius 3 is 2.65 bits per heavy atom. The first kappa shape index (κ1) is 21.3. The highest BCUT2D eigenvalue weighted by atomic mass is 35.5. The number of carbonyl (C=O) groups excluding carboxylic acids is 1. The van der Waals surface area contributed by atoms with Crippen LogP contribution in [0.4, 0.5) is 10.2 Å². The molecule has 0 radical (unpaired) electrons. The van der Waals surface area contributed by atoms with E-state index < -0.39 is 17.3 Å². The molecule has 0 aliphatic carbocycles. The number of pyridine rings is 1. The number of carbonyl (C=O) groups is 1. The molecule has 0 aliphatic heterocycles. The second kappa shape index (κ2) is 9.05. The quantitative estimate of drug-likeness (QED) is 0.326. The van der Waals surface area contributed by atoms with Crippen molar-refractivity contribution in [1.82, 2.24) is 14.5 Å². The lowest BCUT2D eigenvalue weighted by molar-refractivity contribution is -0.113. The minimum Gasteiger partial charge on any atom is -0.309 e. The van der Waals surface area contributed by atoms with Crippen molar-refractivity contribution in [1.29, 1.82) is 0 Å². The van der Waals surface area contributed by atoms with Crippen molar-refractivity contribution in [2.75, 3.05) is 11.1 Å². The Balaban J connectivity index is 1.68. The fourth-order valence-electron chi connectivity index (χ4n) is 2.86. The Hall–Kier alpha value is -2.94. The van der Waals surface area contributed by atoms with Crippen molar-refractivity contribution < 1.29 is 9.18 Å². The molecule has 156 valence electrons. The average molecular weight is 475 g/mol. The standard InChI is InChI=1S/C21H13Cl2FN4O2S/c22-12-9-14(23)19(25-10-12)27-18(29)11-31-21-26-16-7-3-1-5-13(16)20(30)28(21)17-8-4-2-6-15(17)24/h1-10H,11H2,(H,25,27,29). The lowest BCUT2D eigenvalue weighted by Crippen LogP contribution is -2.23. The first-order chi connectivity index (χ1) is 14.9. The van der Waals surface area contributed by atoms with E-state index in [1.54, 1.807) is 30.3 Å². The number of hydrogen-bond donors (Lipinski definition) is 1. The van der Waals surface area contributed by atoms with Crippen molar-refractivity contribution in [3.05, 3.63) is 87.0 Å². The van der Waals surface area contributed by atoms with E-state index in [1.807, 2.05) is 0 Å². The summed E-state index contributed by atoms with van der Waals surface area (Å²) in [5, 5.41) is 3.64. The van der Waals surface area contributed by atoms with Gasteiger partial charge in [0.05, 0.1) is 32.4 Å². The Morgan fingerprint density at radius 1 is 1.13 bits per heavy atom. The largest absolute Gasteiger partial charge is 0.309 e. The summed E-state index contributed by atoms with van der Waals surface area (Å²) in [6.07, 6.45) is 1.36. The Morgan fingerprint density at radius 2 is 1.87 bits per heavy atom. The minimum absolute atomic E-state index is 0.0519. The zero-order valence-electron chi connectivity index (χ0n) is 15.7. The second-order valence-electron chi connectivity index (χ2n) is 6.32. The van der Waals surface area contributed by atoms with E-state index in [9.17, 15) is 14.0 Å². The number of rotatable bonds is 5. The van der Waals surface area contributed by atoms with Crippen LogP contribution in [0.5, 0.6) is 0 Å². The third kappa shape index (κ3) is 4.56. The number of benzene rings is 2. The lowest BCUT2D eigenvalue weighted by Gasteiger charge is -2.14. The smallest absolute Gasteiger partial charge is 0.266 e. The van der Waals surface area contributed by atoms with E-state index in [0.717, 1.165) is 11.8 Å². The van der Waals surface area contributed by atoms with Crippen LogP contribution in [0.1, 0.15) is 0 Å². The summed E-state index contributed by atoms with van der Waals surface area (Å²) in [6.45, 7) is 0. The third-order valence-corrected chi connectivity index (χ3v) is 5.67. The summed E-state index contributed by atoms with van der Waals surface area (Å²) in [5.74, 6) is -0.955. The first-order valence-corrected chi connectivity index (χ1v) is 10.7. The van der Waals surface area contributed by atoms with Crippen molar-refractivity contribution in [3.63, 3.8) is 0 Å². The van der Waals surface area contributed by atoms with Crippen molar-refractivity contribution in [3.8, 4) is 5.69 Å². The van der Waals surface area contributed by atoms with Gasteiger partial charge in [0.15, 0.2) is 11.0 Å². The van der Waals surface area contributed by atoms with E-state index in [0.29, 0.717) is 15.9 Å². The van der Waals surface area contributed by atoms with Crippen LogP contribution < -0.4 is 10.9 Å². The maximum atomic E-state index is 14.5. The number of nitrogens with one attached hydrogen (secondary N) is 1. The molecule has 31 heavy (non-hydrogen) atoms. The van der Waals surface area contributed by atoms with Gasteiger partial charge in [-0.15, -0.1) is 0 Å². The number of hydrogen-bond acceptors (Lipinski definition) is 5. The highest BCUT2D eigenvalue weighted by Crippen LogP contribution is 2.25. The molecule has 1 amide bonds. The van der Waals surface area contributed by atoms with Gasteiger partial charge >= 0.3 is 0 Å². The highest BCUT2D eigenvalue weighted by molar-refractivity contribution is 7.99. The normalized spacial score (nSPS) is 10.9. The van der Waals surface area contributed by atoms with Crippen LogP contribution in [-0.2, 0) is 4.79 Å². The molecular weight excluding hydrogens is 462 g/mol. The van der Waals surface area contributed by atoms with Crippen molar-refractivity contribution in [2.45, 2.75) is 5.16 Å². The lowest BCUT2D eigenvalue weighted by atomic mass is 10.2. The molecule has 2 aromatic heterocycles. The molecule has 4 aromatic rings. The van der Waals surface area contributed by atoms with Gasteiger partial charge < -0.3 is 5.32 Å². The Labute approximate surface area is 190 Å². The predicted octanol–water partition coefficient (Wildman–Crippen LogP) is 4.96. The SMILES string of the molecule is O=C(CSc1nc2ccccc2c(=O)n1-c1ccccc1F)Nc1ncc(Cl)cc1Cl. The van der Waals surface area contributed by atoms with Crippen LogP contribution in [0, 0.1) is 5.82 Å². The molecule has 0 atom stereocenters. The van der Waals surface area contributed by atoms with E-state index in [1.165, 1.54) is 35.0 Å². The van der Waals surface area contributed by atoms with Crippen LogP contribution in [0.15, 0.2) is 70.7 Å². The maximum Gasteiger partial charge on any atom is 0.266 e. The summed E-state index contributed by atoms with van der Waals surface area (Å²) in [5.41, 5.74) is 0.0718. The van der Waals surface area contributed by atoms with Gasteiger partial charge in [-0.05, 0) is 30.3 Å². The predicted molar refractivity (Wildman–Crippen MR) is 121 cm³/mol. The molecule has 10 heteroatoms. The molecule has 2 heterocycles. The molecular formula is C21H13Cl2FN4O2S. The van der Waals surface area contributed by atoms with Gasteiger partial charge in [-0.25, -0.2) is 14.4 Å². The third-order valence-electron chi connectivity index (χ3n) is 4.24. The summed E-state index contributed by atoms with van der Waals surface area (Å²) >= 11 is 12.8. The second-order valence-corrected chi connectivity index (χ2v) is 8.11. The maximum absolute atomic E-state index is 14.5. The van der Waals surface area contributed by atoms with Gasteiger partial charge in [-0.2, -0.15) is 0 Å². The monoisotopic (exact) mass is 474 g/mol. The number of thioether (sulfide) groups is 1.